The van der Waals surface area contributed by atoms with Crippen LogP contribution in [0, 0.1) is 10.8 Å². The van der Waals surface area contributed by atoms with Crippen LogP contribution in [-0.4, -0.2) is 35.7 Å². The van der Waals surface area contributed by atoms with Crippen LogP contribution in [0.15, 0.2) is 154 Å². The number of rotatable bonds is 42. The Morgan fingerprint density at radius 3 is 1.02 bits per heavy atom. The van der Waals surface area contributed by atoms with E-state index >= 15 is 0 Å². The van der Waals surface area contributed by atoms with Gasteiger partial charge in [-0.05, 0) is 139 Å². The van der Waals surface area contributed by atoms with Gasteiger partial charge in [-0.2, -0.15) is 0 Å². The highest BCUT2D eigenvalue weighted by atomic mass is 16.6. The molecule has 456 valence electrons. The van der Waals surface area contributed by atoms with Crippen LogP contribution in [0.3, 0.4) is 0 Å². The van der Waals surface area contributed by atoms with E-state index in [1.807, 2.05) is 38.2 Å². The SMILES string of the molecule is CCCCCCCC/C=C\CCCCCCCC(=O)O[C@H]1CC(C)(C)C(/C=C/C(C)=C/C=C/C(C)=C/C=C/C=C(C)/C=C/C=C(C)/C=C/C2=C(C)C(=O)[C@@H](OC(=O)CCCCCCC/C=C\CCCCCCCC)CC2(C)C)=C(C)C1=O. The largest absolute Gasteiger partial charge is 0.454 e. The van der Waals surface area contributed by atoms with Crippen molar-refractivity contribution in [3.8, 4) is 0 Å². The normalized spacial score (nSPS) is 18.7. The fourth-order valence-corrected chi connectivity index (χ4v) is 10.9. The monoisotopic (exact) mass is 1120 g/mol. The Labute approximate surface area is 502 Å². The van der Waals surface area contributed by atoms with Crippen LogP contribution in [0.1, 0.15) is 276 Å². The molecule has 0 aromatic carbocycles. The Morgan fingerprint density at radius 2 is 0.695 bits per heavy atom. The Kier molecular flexibility index (Phi) is 38.8. The lowest BCUT2D eigenvalue weighted by atomic mass is 9.71. The van der Waals surface area contributed by atoms with Crippen LogP contribution in [0.4, 0.5) is 0 Å². The average Bonchev–Trinajstić information content (AvgIpc) is 3.58. The standard InChI is InChI=1S/C76H116O6/c1-13-15-17-19-21-23-25-27-29-31-33-35-37-39-41-53-71(77)81-69-59-75(9,10)67(65(7)73(69)79)57-55-63(5)51-45-49-61(3)47-43-44-48-62(4)50-46-52-64(6)56-58-68-66(8)74(80)70(60-76(68,11)12)82-72(78)54-42-40-38-36-34-32-30-28-26-24-22-20-18-16-14-2/h27-30,43-52,55-58,69-70H,13-26,31-42,53-54,59-60H2,1-12H3/b29-27-,30-28-,44-43+,49-45+,50-46+,57-55+,58-56+,61-47+,62-48+,63-51+,64-52+/t69-,70-/m0/s1. The Bertz CT molecular complexity index is 2170. The number of unbranched alkanes of at least 4 members (excludes halogenated alkanes) is 22. The summed E-state index contributed by atoms with van der Waals surface area (Å²) in [4.78, 5) is 52.5. The van der Waals surface area contributed by atoms with Crippen molar-refractivity contribution in [3.05, 3.63) is 154 Å². The van der Waals surface area contributed by atoms with Crippen LogP contribution in [0.2, 0.25) is 0 Å². The van der Waals surface area contributed by atoms with E-state index in [0.717, 1.165) is 84.8 Å². The molecular weight excluding hydrogens is 1010 g/mol. The number of ketones is 2. The molecule has 6 heteroatoms. The molecule has 6 nitrogen and oxygen atoms in total. The number of esters is 2. The molecule has 82 heavy (non-hydrogen) atoms. The average molecular weight is 1130 g/mol. The number of carbonyl (C=O) groups excluding carboxylic acids is 4. The van der Waals surface area contributed by atoms with Crippen molar-refractivity contribution in [2.24, 2.45) is 10.8 Å². The summed E-state index contributed by atoms with van der Waals surface area (Å²) in [7, 11) is 0. The van der Waals surface area contributed by atoms with Gasteiger partial charge in [0, 0.05) is 25.7 Å². The van der Waals surface area contributed by atoms with E-state index in [1.165, 1.54) is 116 Å². The fourth-order valence-electron chi connectivity index (χ4n) is 10.9. The van der Waals surface area contributed by atoms with Gasteiger partial charge < -0.3 is 9.47 Å². The maximum Gasteiger partial charge on any atom is 0.306 e. The molecule has 0 N–H and O–H groups in total. The maximum atomic E-state index is 13.4. The molecule has 2 aliphatic rings. The summed E-state index contributed by atoms with van der Waals surface area (Å²) in [5.41, 5.74) is 7.03. The predicted molar refractivity (Wildman–Crippen MR) is 352 cm³/mol. The van der Waals surface area contributed by atoms with Gasteiger partial charge in [-0.25, -0.2) is 0 Å². The predicted octanol–water partition coefficient (Wildman–Crippen LogP) is 22.1. The summed E-state index contributed by atoms with van der Waals surface area (Å²) in [5.74, 6) is -0.714. The van der Waals surface area contributed by atoms with Crippen molar-refractivity contribution in [2.75, 3.05) is 0 Å². The molecule has 0 amide bonds. The van der Waals surface area contributed by atoms with Crippen molar-refractivity contribution < 1.29 is 28.7 Å². The van der Waals surface area contributed by atoms with Gasteiger partial charge in [0.1, 0.15) is 0 Å². The molecule has 0 unspecified atom stereocenters. The van der Waals surface area contributed by atoms with E-state index in [-0.39, 0.29) is 34.3 Å². The van der Waals surface area contributed by atoms with E-state index in [2.05, 4.69) is 154 Å². The van der Waals surface area contributed by atoms with Crippen molar-refractivity contribution >= 4 is 23.5 Å². The smallest absolute Gasteiger partial charge is 0.306 e. The second kappa shape index (κ2) is 43.5. The summed E-state index contributed by atoms with van der Waals surface area (Å²) in [6.07, 6.45) is 69.8. The van der Waals surface area contributed by atoms with Crippen molar-refractivity contribution in [1.82, 2.24) is 0 Å². The second-order valence-electron chi connectivity index (χ2n) is 25.0. The zero-order chi connectivity index (χ0) is 60.4. The quantitative estimate of drug-likeness (QED) is 0.0262. The van der Waals surface area contributed by atoms with Crippen LogP contribution in [0.5, 0.6) is 0 Å². The van der Waals surface area contributed by atoms with E-state index in [1.54, 1.807) is 0 Å². The topological polar surface area (TPSA) is 86.7 Å². The Balaban J connectivity index is 1.77. The highest BCUT2D eigenvalue weighted by molar-refractivity contribution is 6.02. The molecule has 0 saturated carbocycles. The lowest BCUT2D eigenvalue weighted by Gasteiger charge is -2.36. The molecule has 0 saturated heterocycles. The molecule has 0 aromatic heterocycles. The number of hydrogen-bond donors (Lipinski definition) is 0. The number of ether oxygens (including phenoxy) is 2. The first-order chi connectivity index (χ1) is 39.3. The van der Waals surface area contributed by atoms with Crippen LogP contribution in [0.25, 0.3) is 0 Å². The van der Waals surface area contributed by atoms with Gasteiger partial charge in [-0.3, -0.25) is 19.2 Å². The molecule has 0 bridgehead atoms. The first-order valence-electron chi connectivity index (χ1n) is 32.6. The number of hydrogen-bond acceptors (Lipinski definition) is 6. The molecular formula is C76H116O6. The number of allylic oxidation sites excluding steroid dienone is 24. The summed E-state index contributed by atoms with van der Waals surface area (Å²) in [6, 6.07) is 0. The lowest BCUT2D eigenvalue weighted by Crippen LogP contribution is -2.39. The van der Waals surface area contributed by atoms with Gasteiger partial charge in [-0.1, -0.05) is 276 Å². The molecule has 0 aliphatic heterocycles. The van der Waals surface area contributed by atoms with Gasteiger partial charge in [0.25, 0.3) is 0 Å². The van der Waals surface area contributed by atoms with Gasteiger partial charge >= 0.3 is 11.9 Å². The molecule has 0 fully saturated rings. The Hall–Kier alpha value is -5.10. The van der Waals surface area contributed by atoms with E-state index < -0.39 is 12.2 Å². The summed E-state index contributed by atoms with van der Waals surface area (Å²) in [5, 5.41) is 0. The minimum Gasteiger partial charge on any atom is -0.454 e. The van der Waals surface area contributed by atoms with Gasteiger partial charge in [0.05, 0.1) is 0 Å². The van der Waals surface area contributed by atoms with Gasteiger partial charge in [-0.15, -0.1) is 0 Å². The number of Topliss-reactive ketones (excluding diaryl/α,β-unsaturated/α-hetero) is 2. The van der Waals surface area contributed by atoms with Crippen molar-refractivity contribution in [1.29, 1.82) is 0 Å². The van der Waals surface area contributed by atoms with Crippen molar-refractivity contribution in [3.63, 3.8) is 0 Å². The minimum absolute atomic E-state index is 0.0907. The molecule has 2 aliphatic carbocycles. The summed E-state index contributed by atoms with van der Waals surface area (Å²) in [6.45, 7) is 25.0. The van der Waals surface area contributed by atoms with Crippen LogP contribution < -0.4 is 0 Å². The first-order valence-corrected chi connectivity index (χ1v) is 32.6. The third-order valence-corrected chi connectivity index (χ3v) is 16.1. The minimum atomic E-state index is -0.728. The third-order valence-electron chi connectivity index (χ3n) is 16.1. The molecule has 2 rings (SSSR count). The second-order valence-corrected chi connectivity index (χ2v) is 25.0. The van der Waals surface area contributed by atoms with Gasteiger partial charge in [0.15, 0.2) is 23.8 Å². The van der Waals surface area contributed by atoms with Gasteiger partial charge in [0.2, 0.25) is 0 Å². The fraction of sp³-hybridized carbons (Fsp3) is 0.605. The first kappa shape index (κ1) is 73.0. The number of carbonyl (C=O) groups is 4. The van der Waals surface area contributed by atoms with E-state index in [0.29, 0.717) is 36.8 Å². The highest BCUT2D eigenvalue weighted by Crippen LogP contribution is 2.42. The zero-order valence-electron chi connectivity index (χ0n) is 54.2. The summed E-state index contributed by atoms with van der Waals surface area (Å²) < 4.78 is 11.6. The lowest BCUT2D eigenvalue weighted by molar-refractivity contribution is -0.156. The molecule has 0 heterocycles. The molecule has 0 spiro atoms. The van der Waals surface area contributed by atoms with Crippen molar-refractivity contribution in [2.45, 2.75) is 288 Å². The van der Waals surface area contributed by atoms with Crippen LogP contribution in [-0.2, 0) is 28.7 Å². The third kappa shape index (κ3) is 32.7. The van der Waals surface area contributed by atoms with E-state index in [4.69, 9.17) is 9.47 Å². The highest BCUT2D eigenvalue weighted by Gasteiger charge is 2.41. The maximum absolute atomic E-state index is 13.4. The molecule has 0 aromatic rings. The zero-order valence-corrected chi connectivity index (χ0v) is 54.2. The summed E-state index contributed by atoms with van der Waals surface area (Å²) >= 11 is 0. The van der Waals surface area contributed by atoms with Crippen LogP contribution >= 0.6 is 0 Å². The molecule has 2 atom stereocenters. The van der Waals surface area contributed by atoms with E-state index in [9.17, 15) is 19.2 Å². The Morgan fingerprint density at radius 1 is 0.415 bits per heavy atom. The molecule has 0 radical (unpaired) electrons.